The number of carbonyl (C=O) groups is 1. The molecule has 0 saturated heterocycles. The maximum absolute atomic E-state index is 10.7. The Balaban J connectivity index is 1.92. The van der Waals surface area contributed by atoms with Crippen molar-refractivity contribution in [1.82, 2.24) is 15.1 Å². The standard InChI is InChI=1S/C17H25N5O2/c1-12-15(17(21(2)3)22(4)20-12)10-19-9-13-5-7-14(8-6-13)24-11-16(18)23/h5-8,19H,9-11H2,1-4H3,(H2,18,23). The topological polar surface area (TPSA) is 85.4 Å². The molecule has 0 fully saturated rings. The van der Waals surface area contributed by atoms with Crippen LogP contribution in [0.15, 0.2) is 24.3 Å². The highest BCUT2D eigenvalue weighted by molar-refractivity contribution is 5.75. The second-order valence-corrected chi connectivity index (χ2v) is 5.91. The molecule has 3 N–H and O–H groups in total. The van der Waals surface area contributed by atoms with Gasteiger partial charge in [0.25, 0.3) is 5.91 Å². The fourth-order valence-electron chi connectivity index (χ4n) is 2.65. The first-order valence-electron chi connectivity index (χ1n) is 7.79. The Morgan fingerprint density at radius 1 is 1.29 bits per heavy atom. The number of primary amides is 1. The monoisotopic (exact) mass is 331 g/mol. The molecule has 1 heterocycles. The average molecular weight is 331 g/mol. The van der Waals surface area contributed by atoms with Crippen molar-refractivity contribution in [2.45, 2.75) is 20.0 Å². The van der Waals surface area contributed by atoms with E-state index in [1.54, 1.807) is 0 Å². The van der Waals surface area contributed by atoms with Gasteiger partial charge in [-0.25, -0.2) is 0 Å². The molecule has 7 heteroatoms. The quantitative estimate of drug-likeness (QED) is 0.752. The summed E-state index contributed by atoms with van der Waals surface area (Å²) in [6, 6.07) is 7.60. The van der Waals surface area contributed by atoms with E-state index in [4.69, 9.17) is 10.5 Å². The molecule has 0 aliphatic carbocycles. The molecule has 1 amide bonds. The van der Waals surface area contributed by atoms with Gasteiger partial charge in [-0.1, -0.05) is 12.1 Å². The molecule has 0 bridgehead atoms. The Labute approximate surface area is 142 Å². The summed E-state index contributed by atoms with van der Waals surface area (Å²) in [6.07, 6.45) is 0. The number of nitrogens with one attached hydrogen (secondary N) is 1. The van der Waals surface area contributed by atoms with Crippen molar-refractivity contribution in [3.05, 3.63) is 41.1 Å². The third-order valence-corrected chi connectivity index (χ3v) is 3.67. The number of aryl methyl sites for hydroxylation is 2. The molecule has 2 aromatic rings. The van der Waals surface area contributed by atoms with Gasteiger partial charge in [-0.05, 0) is 24.6 Å². The van der Waals surface area contributed by atoms with Gasteiger partial charge in [0, 0.05) is 39.8 Å². The van der Waals surface area contributed by atoms with Gasteiger partial charge in [0.1, 0.15) is 11.6 Å². The van der Waals surface area contributed by atoms with E-state index >= 15 is 0 Å². The van der Waals surface area contributed by atoms with Gasteiger partial charge in [0.2, 0.25) is 0 Å². The van der Waals surface area contributed by atoms with E-state index in [0.717, 1.165) is 30.2 Å². The second-order valence-electron chi connectivity index (χ2n) is 5.91. The number of hydrogen-bond donors (Lipinski definition) is 2. The largest absolute Gasteiger partial charge is 0.484 e. The van der Waals surface area contributed by atoms with E-state index in [1.165, 1.54) is 5.56 Å². The van der Waals surface area contributed by atoms with E-state index in [0.29, 0.717) is 5.75 Å². The van der Waals surface area contributed by atoms with E-state index in [-0.39, 0.29) is 6.61 Å². The van der Waals surface area contributed by atoms with Crippen LogP contribution in [0.4, 0.5) is 5.82 Å². The van der Waals surface area contributed by atoms with Gasteiger partial charge in [-0.15, -0.1) is 0 Å². The minimum absolute atomic E-state index is 0.106. The van der Waals surface area contributed by atoms with Gasteiger partial charge in [-0.2, -0.15) is 5.10 Å². The number of benzene rings is 1. The number of anilines is 1. The molecule has 0 aliphatic rings. The van der Waals surface area contributed by atoms with Crippen molar-refractivity contribution in [3.8, 4) is 5.75 Å². The Kier molecular flexibility index (Phi) is 5.81. The number of aromatic nitrogens is 2. The lowest BCUT2D eigenvalue weighted by atomic mass is 10.2. The molecule has 0 unspecified atom stereocenters. The zero-order chi connectivity index (χ0) is 17.7. The van der Waals surface area contributed by atoms with E-state index in [9.17, 15) is 4.79 Å². The third-order valence-electron chi connectivity index (χ3n) is 3.67. The smallest absolute Gasteiger partial charge is 0.255 e. The summed E-state index contributed by atoms with van der Waals surface area (Å²) in [6.45, 7) is 3.39. The summed E-state index contributed by atoms with van der Waals surface area (Å²) in [7, 11) is 5.99. The number of carbonyl (C=O) groups excluding carboxylic acids is 1. The van der Waals surface area contributed by atoms with E-state index < -0.39 is 5.91 Å². The number of rotatable bonds is 8. The first-order valence-corrected chi connectivity index (χ1v) is 7.79. The van der Waals surface area contributed by atoms with Crippen LogP contribution in [0.5, 0.6) is 5.75 Å². The molecule has 130 valence electrons. The minimum atomic E-state index is -0.482. The van der Waals surface area contributed by atoms with Gasteiger partial charge >= 0.3 is 0 Å². The molecule has 0 radical (unpaired) electrons. The van der Waals surface area contributed by atoms with Crippen molar-refractivity contribution in [2.75, 3.05) is 25.6 Å². The fourth-order valence-corrected chi connectivity index (χ4v) is 2.65. The summed E-state index contributed by atoms with van der Waals surface area (Å²) < 4.78 is 7.15. The second kappa shape index (κ2) is 7.83. The molecule has 0 spiro atoms. The lowest BCUT2D eigenvalue weighted by Crippen LogP contribution is -2.20. The number of nitrogens with zero attached hydrogens (tertiary/aromatic N) is 3. The van der Waals surface area contributed by atoms with Crippen molar-refractivity contribution in [1.29, 1.82) is 0 Å². The highest BCUT2D eigenvalue weighted by atomic mass is 16.5. The molecule has 7 nitrogen and oxygen atoms in total. The van der Waals surface area contributed by atoms with Gasteiger partial charge in [0.05, 0.1) is 5.69 Å². The lowest BCUT2D eigenvalue weighted by molar-refractivity contribution is -0.119. The molecule has 1 aromatic carbocycles. The minimum Gasteiger partial charge on any atom is -0.484 e. The molecule has 0 atom stereocenters. The van der Waals surface area contributed by atoms with Gasteiger partial charge < -0.3 is 20.7 Å². The molecule has 24 heavy (non-hydrogen) atoms. The van der Waals surface area contributed by atoms with Crippen molar-refractivity contribution in [3.63, 3.8) is 0 Å². The van der Waals surface area contributed by atoms with Crippen LogP contribution in [0.2, 0.25) is 0 Å². The Morgan fingerprint density at radius 3 is 2.54 bits per heavy atom. The number of hydrogen-bond acceptors (Lipinski definition) is 5. The van der Waals surface area contributed by atoms with Crippen LogP contribution in [-0.4, -0.2) is 36.4 Å². The fraction of sp³-hybridized carbons (Fsp3) is 0.412. The Morgan fingerprint density at radius 2 is 1.96 bits per heavy atom. The SMILES string of the molecule is Cc1nn(C)c(N(C)C)c1CNCc1ccc(OCC(N)=O)cc1. The maximum Gasteiger partial charge on any atom is 0.255 e. The highest BCUT2D eigenvalue weighted by Crippen LogP contribution is 2.21. The van der Waals surface area contributed by atoms with Crippen LogP contribution in [0.3, 0.4) is 0 Å². The van der Waals surface area contributed by atoms with Crippen LogP contribution in [-0.2, 0) is 24.9 Å². The van der Waals surface area contributed by atoms with Crippen LogP contribution in [0.25, 0.3) is 0 Å². The summed E-state index contributed by atoms with van der Waals surface area (Å²) in [5, 5.41) is 7.93. The molecular weight excluding hydrogens is 306 g/mol. The Hall–Kier alpha value is -2.54. The number of ether oxygens (including phenoxy) is 1. The average Bonchev–Trinajstić information content (AvgIpc) is 2.80. The van der Waals surface area contributed by atoms with Crippen molar-refractivity contribution in [2.24, 2.45) is 12.8 Å². The summed E-state index contributed by atoms with van der Waals surface area (Å²) in [5.74, 6) is 1.26. The summed E-state index contributed by atoms with van der Waals surface area (Å²) in [4.78, 5) is 12.8. The van der Waals surface area contributed by atoms with Crippen LogP contribution < -0.4 is 20.7 Å². The molecular formula is C17H25N5O2. The number of nitrogens with two attached hydrogens (primary N) is 1. The molecule has 1 aromatic heterocycles. The predicted octanol–water partition coefficient (Wildman–Crippen LogP) is 0.948. The zero-order valence-electron chi connectivity index (χ0n) is 14.7. The zero-order valence-corrected chi connectivity index (χ0v) is 14.7. The molecule has 2 rings (SSSR count). The number of amides is 1. The van der Waals surface area contributed by atoms with Gasteiger partial charge in [-0.3, -0.25) is 9.48 Å². The van der Waals surface area contributed by atoms with E-state index in [2.05, 4.69) is 15.3 Å². The maximum atomic E-state index is 10.7. The van der Waals surface area contributed by atoms with E-state index in [1.807, 2.05) is 57.0 Å². The van der Waals surface area contributed by atoms with Crippen LogP contribution in [0.1, 0.15) is 16.8 Å². The summed E-state index contributed by atoms with van der Waals surface area (Å²) in [5.41, 5.74) is 8.42. The molecule has 0 aliphatic heterocycles. The Bertz CT molecular complexity index is 692. The normalized spacial score (nSPS) is 10.7. The van der Waals surface area contributed by atoms with Crippen LogP contribution >= 0.6 is 0 Å². The molecule has 0 saturated carbocycles. The lowest BCUT2D eigenvalue weighted by Gasteiger charge is -2.15. The third kappa shape index (κ3) is 4.48. The predicted molar refractivity (Wildman–Crippen MR) is 93.9 cm³/mol. The highest BCUT2D eigenvalue weighted by Gasteiger charge is 2.14. The first-order chi connectivity index (χ1) is 11.4. The van der Waals surface area contributed by atoms with Crippen LogP contribution in [0, 0.1) is 6.92 Å². The summed E-state index contributed by atoms with van der Waals surface area (Å²) >= 11 is 0. The van der Waals surface area contributed by atoms with Crippen molar-refractivity contribution >= 4 is 11.7 Å². The van der Waals surface area contributed by atoms with Gasteiger partial charge in [0.15, 0.2) is 6.61 Å². The first kappa shape index (κ1) is 17.8. The van der Waals surface area contributed by atoms with Crippen molar-refractivity contribution < 1.29 is 9.53 Å².